The standard InChI is InChI=1S/C12H17N3O3S/c1-2-3-9-11(19-14-13-9)12(18)15(7-10(16)17)6-8-4-5-8/h8H,2-7H2,1H3,(H,16,17). The van der Waals surface area contributed by atoms with E-state index in [0.29, 0.717) is 29.5 Å². The van der Waals surface area contributed by atoms with Crippen LogP contribution in [0.2, 0.25) is 0 Å². The van der Waals surface area contributed by atoms with E-state index in [2.05, 4.69) is 9.59 Å². The van der Waals surface area contributed by atoms with Gasteiger partial charge in [-0.2, -0.15) is 0 Å². The van der Waals surface area contributed by atoms with Crippen molar-refractivity contribution in [3.05, 3.63) is 10.6 Å². The van der Waals surface area contributed by atoms with Crippen LogP contribution in [0.15, 0.2) is 0 Å². The van der Waals surface area contributed by atoms with E-state index in [-0.39, 0.29) is 12.5 Å². The third kappa shape index (κ3) is 3.73. The van der Waals surface area contributed by atoms with Crippen molar-refractivity contribution < 1.29 is 14.7 Å². The molecule has 1 heterocycles. The first-order valence-corrected chi connectivity index (χ1v) is 7.21. The van der Waals surface area contributed by atoms with Crippen LogP contribution in [0, 0.1) is 5.92 Å². The second kappa shape index (κ2) is 6.10. The second-order valence-corrected chi connectivity index (χ2v) is 5.58. The van der Waals surface area contributed by atoms with Gasteiger partial charge < -0.3 is 10.0 Å². The van der Waals surface area contributed by atoms with Gasteiger partial charge in [-0.05, 0) is 36.7 Å². The number of nitrogens with zero attached hydrogens (tertiary/aromatic N) is 3. The van der Waals surface area contributed by atoms with Gasteiger partial charge in [0.25, 0.3) is 5.91 Å². The van der Waals surface area contributed by atoms with Crippen molar-refractivity contribution in [3.8, 4) is 0 Å². The topological polar surface area (TPSA) is 83.4 Å². The van der Waals surface area contributed by atoms with E-state index in [4.69, 9.17) is 5.11 Å². The highest BCUT2D eigenvalue weighted by Crippen LogP contribution is 2.30. The lowest BCUT2D eigenvalue weighted by Crippen LogP contribution is -2.37. The summed E-state index contributed by atoms with van der Waals surface area (Å²) in [6.45, 7) is 2.28. The van der Waals surface area contributed by atoms with Gasteiger partial charge in [0.05, 0.1) is 5.69 Å². The third-order valence-electron chi connectivity index (χ3n) is 3.03. The molecule has 1 saturated carbocycles. The molecular formula is C12H17N3O3S. The number of aliphatic carboxylic acids is 1. The van der Waals surface area contributed by atoms with Gasteiger partial charge in [-0.1, -0.05) is 17.8 Å². The minimum Gasteiger partial charge on any atom is -0.480 e. The normalized spacial score (nSPS) is 14.4. The summed E-state index contributed by atoms with van der Waals surface area (Å²) >= 11 is 1.06. The predicted octanol–water partition coefficient (Wildman–Crippen LogP) is 1.43. The molecule has 1 aliphatic rings. The average Bonchev–Trinajstić information content (AvgIpc) is 3.05. The van der Waals surface area contributed by atoms with Crippen molar-refractivity contribution >= 4 is 23.4 Å². The Balaban J connectivity index is 2.12. The molecule has 1 aromatic rings. The summed E-state index contributed by atoms with van der Waals surface area (Å²) in [5, 5.41) is 12.9. The lowest BCUT2D eigenvalue weighted by Gasteiger charge is -2.19. The van der Waals surface area contributed by atoms with Crippen LogP contribution < -0.4 is 0 Å². The summed E-state index contributed by atoms with van der Waals surface area (Å²) in [7, 11) is 0. The molecule has 0 spiro atoms. The maximum atomic E-state index is 12.4. The third-order valence-corrected chi connectivity index (χ3v) is 3.78. The zero-order chi connectivity index (χ0) is 13.8. The van der Waals surface area contributed by atoms with Crippen molar-refractivity contribution in [2.75, 3.05) is 13.1 Å². The lowest BCUT2D eigenvalue weighted by atomic mass is 10.2. The molecule has 0 atom stereocenters. The Kier molecular flexibility index (Phi) is 4.47. The molecule has 7 heteroatoms. The van der Waals surface area contributed by atoms with E-state index < -0.39 is 5.97 Å². The quantitative estimate of drug-likeness (QED) is 0.818. The van der Waals surface area contributed by atoms with Crippen LogP contribution >= 0.6 is 11.5 Å². The Labute approximate surface area is 115 Å². The molecule has 19 heavy (non-hydrogen) atoms. The summed E-state index contributed by atoms with van der Waals surface area (Å²) in [4.78, 5) is 25.2. The number of amides is 1. The van der Waals surface area contributed by atoms with E-state index in [1.165, 1.54) is 4.90 Å². The fourth-order valence-corrected chi connectivity index (χ4v) is 2.59. The van der Waals surface area contributed by atoms with Crippen LogP contribution in [0.25, 0.3) is 0 Å². The second-order valence-electron chi connectivity index (χ2n) is 4.82. The molecule has 0 bridgehead atoms. The number of rotatable bonds is 7. The number of carboxylic acid groups (broad SMARTS) is 1. The molecule has 0 radical (unpaired) electrons. The van der Waals surface area contributed by atoms with Crippen molar-refractivity contribution in [1.29, 1.82) is 0 Å². The first kappa shape index (κ1) is 13.9. The molecule has 0 saturated heterocycles. The van der Waals surface area contributed by atoms with Crippen LogP contribution in [0.5, 0.6) is 0 Å². The molecule has 1 aliphatic carbocycles. The minimum absolute atomic E-state index is 0.243. The SMILES string of the molecule is CCCc1nnsc1C(=O)N(CC(=O)O)CC1CC1. The highest BCUT2D eigenvalue weighted by molar-refractivity contribution is 7.08. The predicted molar refractivity (Wildman–Crippen MR) is 70.2 cm³/mol. The van der Waals surface area contributed by atoms with Gasteiger partial charge in [-0.25, -0.2) is 0 Å². The zero-order valence-electron chi connectivity index (χ0n) is 10.8. The number of aryl methyl sites for hydroxylation is 1. The molecule has 104 valence electrons. The maximum absolute atomic E-state index is 12.4. The molecule has 1 amide bonds. The molecular weight excluding hydrogens is 266 g/mol. The van der Waals surface area contributed by atoms with E-state index in [9.17, 15) is 9.59 Å². The summed E-state index contributed by atoms with van der Waals surface area (Å²) in [6, 6.07) is 0. The van der Waals surface area contributed by atoms with Gasteiger partial charge >= 0.3 is 5.97 Å². The monoisotopic (exact) mass is 283 g/mol. The molecule has 2 rings (SSSR count). The van der Waals surface area contributed by atoms with E-state index >= 15 is 0 Å². The molecule has 1 aromatic heterocycles. The summed E-state index contributed by atoms with van der Waals surface area (Å²) in [6.07, 6.45) is 3.73. The van der Waals surface area contributed by atoms with Crippen LogP contribution in [-0.4, -0.2) is 44.6 Å². The van der Waals surface area contributed by atoms with E-state index in [1.807, 2.05) is 6.92 Å². The van der Waals surface area contributed by atoms with Gasteiger partial charge in [0.2, 0.25) is 0 Å². The summed E-state index contributed by atoms with van der Waals surface area (Å²) < 4.78 is 3.81. The number of carboxylic acids is 1. The van der Waals surface area contributed by atoms with Gasteiger partial charge in [-0.3, -0.25) is 9.59 Å². The van der Waals surface area contributed by atoms with Crippen molar-refractivity contribution in [2.45, 2.75) is 32.6 Å². The van der Waals surface area contributed by atoms with Crippen LogP contribution in [0.1, 0.15) is 41.6 Å². The molecule has 1 N–H and O–H groups in total. The Morgan fingerprint density at radius 3 is 2.79 bits per heavy atom. The number of hydrogen-bond donors (Lipinski definition) is 1. The Bertz CT molecular complexity index is 471. The van der Waals surface area contributed by atoms with Crippen molar-refractivity contribution in [2.24, 2.45) is 5.92 Å². The number of carbonyl (C=O) groups is 2. The summed E-state index contributed by atoms with van der Waals surface area (Å²) in [5.41, 5.74) is 0.684. The smallest absolute Gasteiger partial charge is 0.323 e. The van der Waals surface area contributed by atoms with Crippen molar-refractivity contribution in [1.82, 2.24) is 14.5 Å². The molecule has 1 fully saturated rings. The van der Waals surface area contributed by atoms with Crippen LogP contribution in [-0.2, 0) is 11.2 Å². The molecule has 0 aromatic carbocycles. The lowest BCUT2D eigenvalue weighted by molar-refractivity contribution is -0.137. The van der Waals surface area contributed by atoms with Crippen molar-refractivity contribution in [3.63, 3.8) is 0 Å². The maximum Gasteiger partial charge on any atom is 0.323 e. The summed E-state index contributed by atoms with van der Waals surface area (Å²) in [5.74, 6) is -0.768. The Hall–Kier alpha value is -1.50. The van der Waals surface area contributed by atoms with Gasteiger partial charge in [-0.15, -0.1) is 5.10 Å². The van der Waals surface area contributed by atoms with Crippen LogP contribution in [0.4, 0.5) is 0 Å². The van der Waals surface area contributed by atoms with Crippen LogP contribution in [0.3, 0.4) is 0 Å². The highest BCUT2D eigenvalue weighted by atomic mass is 32.1. The van der Waals surface area contributed by atoms with Gasteiger partial charge in [0.15, 0.2) is 0 Å². The number of carbonyl (C=O) groups excluding carboxylic acids is 1. The fraction of sp³-hybridized carbons (Fsp3) is 0.667. The molecule has 6 nitrogen and oxygen atoms in total. The Morgan fingerprint density at radius 1 is 1.47 bits per heavy atom. The molecule has 0 aliphatic heterocycles. The molecule has 0 unspecified atom stereocenters. The Morgan fingerprint density at radius 2 is 2.21 bits per heavy atom. The largest absolute Gasteiger partial charge is 0.480 e. The van der Waals surface area contributed by atoms with Gasteiger partial charge in [0.1, 0.15) is 11.4 Å². The van der Waals surface area contributed by atoms with E-state index in [0.717, 1.165) is 30.8 Å². The zero-order valence-corrected chi connectivity index (χ0v) is 11.7. The fourth-order valence-electron chi connectivity index (χ4n) is 1.91. The van der Waals surface area contributed by atoms with Gasteiger partial charge in [0, 0.05) is 6.54 Å². The highest BCUT2D eigenvalue weighted by Gasteiger charge is 2.30. The average molecular weight is 283 g/mol. The number of aromatic nitrogens is 2. The first-order chi connectivity index (χ1) is 9.11. The minimum atomic E-state index is -0.983. The van der Waals surface area contributed by atoms with E-state index in [1.54, 1.807) is 0 Å². The number of hydrogen-bond acceptors (Lipinski definition) is 5. The first-order valence-electron chi connectivity index (χ1n) is 6.44.